The van der Waals surface area contributed by atoms with Crippen molar-refractivity contribution in [1.82, 2.24) is 0 Å². The molecule has 0 aromatic carbocycles. The monoisotopic (exact) mass is 294 g/mol. The van der Waals surface area contributed by atoms with Gasteiger partial charge in [-0.3, -0.25) is 0 Å². The van der Waals surface area contributed by atoms with E-state index < -0.39 is 0 Å². The molecule has 1 aliphatic heterocycles. The molecule has 6 atom stereocenters. The molecule has 0 amide bonds. The van der Waals surface area contributed by atoms with Gasteiger partial charge in [0.25, 0.3) is 0 Å². The van der Waals surface area contributed by atoms with Crippen LogP contribution in [0.15, 0.2) is 0 Å². The van der Waals surface area contributed by atoms with Gasteiger partial charge < -0.3 is 14.6 Å². The van der Waals surface area contributed by atoms with Gasteiger partial charge in [-0.15, -0.1) is 0 Å². The van der Waals surface area contributed by atoms with Gasteiger partial charge in [0.05, 0.1) is 18.3 Å². The van der Waals surface area contributed by atoms with E-state index in [1.807, 2.05) is 7.11 Å². The van der Waals surface area contributed by atoms with Gasteiger partial charge in [0, 0.05) is 18.9 Å². The summed E-state index contributed by atoms with van der Waals surface area (Å²) < 4.78 is 12.1. The number of hydrogen-bond donors (Lipinski definition) is 1. The maximum absolute atomic E-state index is 10.3. The highest BCUT2D eigenvalue weighted by Gasteiger charge is 2.82. The number of fused-ring (bicyclic) bond motifs is 1. The van der Waals surface area contributed by atoms with E-state index in [2.05, 4.69) is 13.8 Å². The van der Waals surface area contributed by atoms with Gasteiger partial charge in [-0.25, -0.2) is 0 Å². The number of aliphatic hydroxyl groups is 1. The van der Waals surface area contributed by atoms with Gasteiger partial charge >= 0.3 is 0 Å². The Morgan fingerprint density at radius 2 is 1.90 bits per heavy atom. The van der Waals surface area contributed by atoms with Crippen molar-refractivity contribution in [3.8, 4) is 0 Å². The zero-order valence-electron chi connectivity index (χ0n) is 13.8. The van der Waals surface area contributed by atoms with Crippen molar-refractivity contribution in [3.63, 3.8) is 0 Å². The summed E-state index contributed by atoms with van der Waals surface area (Å²) in [6.07, 6.45) is 8.96. The first kappa shape index (κ1) is 14.5. The molecule has 3 nitrogen and oxygen atoms in total. The van der Waals surface area contributed by atoms with E-state index >= 15 is 0 Å². The van der Waals surface area contributed by atoms with Crippen molar-refractivity contribution >= 4 is 0 Å². The lowest BCUT2D eigenvalue weighted by Gasteiger charge is -2.58. The Kier molecular flexibility index (Phi) is 2.92. The molecule has 4 aliphatic rings. The zero-order valence-corrected chi connectivity index (χ0v) is 13.8. The van der Waals surface area contributed by atoms with Gasteiger partial charge in [-0.1, -0.05) is 20.3 Å². The van der Waals surface area contributed by atoms with Gasteiger partial charge in [-0.05, 0) is 49.9 Å². The zero-order chi connectivity index (χ0) is 14.9. The molecule has 0 spiro atoms. The van der Waals surface area contributed by atoms with E-state index in [0.29, 0.717) is 5.92 Å². The van der Waals surface area contributed by atoms with Crippen molar-refractivity contribution in [2.45, 2.75) is 82.5 Å². The molecule has 0 radical (unpaired) electrons. The second kappa shape index (κ2) is 4.24. The van der Waals surface area contributed by atoms with Crippen LogP contribution in [0.5, 0.6) is 0 Å². The molecule has 0 aromatic heterocycles. The minimum Gasteiger partial charge on any atom is -0.393 e. The van der Waals surface area contributed by atoms with Crippen LogP contribution < -0.4 is 0 Å². The summed E-state index contributed by atoms with van der Waals surface area (Å²) in [4.78, 5) is 0. The van der Waals surface area contributed by atoms with Crippen molar-refractivity contribution in [3.05, 3.63) is 0 Å². The fourth-order valence-electron chi connectivity index (χ4n) is 6.88. The molecule has 3 saturated carbocycles. The molecule has 1 N–H and O–H groups in total. The van der Waals surface area contributed by atoms with Crippen LogP contribution in [0.1, 0.15) is 65.2 Å². The van der Waals surface area contributed by atoms with Gasteiger partial charge in [-0.2, -0.15) is 0 Å². The Hall–Kier alpha value is -0.120. The van der Waals surface area contributed by atoms with Crippen LogP contribution in [-0.4, -0.2) is 36.1 Å². The first-order chi connectivity index (χ1) is 9.91. The quantitative estimate of drug-likeness (QED) is 0.795. The lowest BCUT2D eigenvalue weighted by molar-refractivity contribution is -0.118. The Morgan fingerprint density at radius 3 is 2.67 bits per heavy atom. The lowest BCUT2D eigenvalue weighted by Crippen LogP contribution is -2.60. The maximum Gasteiger partial charge on any atom is 0.106 e. The van der Waals surface area contributed by atoms with Crippen LogP contribution in [0.25, 0.3) is 0 Å². The molecule has 120 valence electrons. The molecule has 3 aliphatic carbocycles. The van der Waals surface area contributed by atoms with Crippen molar-refractivity contribution in [2.24, 2.45) is 16.7 Å². The SMILES string of the molecule is COCC1(C)CCCC2(C)C1CCC13CCC(O)CC12O3. The van der Waals surface area contributed by atoms with Gasteiger partial charge in [0.2, 0.25) is 0 Å². The molecule has 1 heterocycles. The minimum absolute atomic E-state index is 0.0317. The van der Waals surface area contributed by atoms with Crippen molar-refractivity contribution < 1.29 is 14.6 Å². The van der Waals surface area contributed by atoms with E-state index in [4.69, 9.17) is 9.47 Å². The van der Waals surface area contributed by atoms with Crippen molar-refractivity contribution in [2.75, 3.05) is 13.7 Å². The molecular formula is C18H30O3. The number of methoxy groups -OCH3 is 1. The Labute approximate surface area is 128 Å². The smallest absolute Gasteiger partial charge is 0.106 e. The summed E-state index contributed by atoms with van der Waals surface area (Å²) in [6.45, 7) is 5.74. The fraction of sp³-hybridized carbons (Fsp3) is 1.00. The summed E-state index contributed by atoms with van der Waals surface area (Å²) in [5.74, 6) is 0.666. The average Bonchev–Trinajstić information content (AvgIpc) is 3.09. The molecule has 4 rings (SSSR count). The van der Waals surface area contributed by atoms with E-state index in [1.54, 1.807) is 0 Å². The molecule has 0 bridgehead atoms. The third kappa shape index (κ3) is 1.61. The van der Waals surface area contributed by atoms with E-state index in [1.165, 1.54) is 32.1 Å². The van der Waals surface area contributed by atoms with Crippen LogP contribution >= 0.6 is 0 Å². The second-order valence-corrected chi connectivity index (χ2v) is 8.77. The first-order valence-corrected chi connectivity index (χ1v) is 8.79. The normalized spacial score (nSPS) is 58.9. The Bertz CT molecular complexity index is 448. The van der Waals surface area contributed by atoms with E-state index in [9.17, 15) is 5.11 Å². The minimum atomic E-state index is -0.160. The standard InChI is InChI=1S/C18H30O3/c1-15(12-20-3)7-4-8-16(2)14(15)6-10-17-9-5-13(19)11-18(16,17)21-17/h13-14,19H,4-12H2,1-3H3. The highest BCUT2D eigenvalue weighted by molar-refractivity contribution is 5.30. The van der Waals surface area contributed by atoms with Crippen LogP contribution in [0.4, 0.5) is 0 Å². The summed E-state index contributed by atoms with van der Waals surface area (Å²) in [5.41, 5.74) is 0.577. The largest absolute Gasteiger partial charge is 0.393 e. The average molecular weight is 294 g/mol. The number of epoxide rings is 1. The topological polar surface area (TPSA) is 42.0 Å². The van der Waals surface area contributed by atoms with Crippen LogP contribution in [0.2, 0.25) is 0 Å². The predicted octanol–water partition coefficient (Wildman–Crippen LogP) is 3.29. The third-order valence-corrected chi connectivity index (χ3v) is 7.76. The van der Waals surface area contributed by atoms with Crippen LogP contribution in [0.3, 0.4) is 0 Å². The van der Waals surface area contributed by atoms with Crippen molar-refractivity contribution in [1.29, 1.82) is 0 Å². The molecule has 1 saturated heterocycles. The van der Waals surface area contributed by atoms with E-state index in [-0.39, 0.29) is 28.1 Å². The Balaban J connectivity index is 1.72. The third-order valence-electron chi connectivity index (χ3n) is 7.76. The van der Waals surface area contributed by atoms with Crippen LogP contribution in [-0.2, 0) is 9.47 Å². The van der Waals surface area contributed by atoms with Gasteiger partial charge in [0.1, 0.15) is 5.60 Å². The predicted molar refractivity (Wildman–Crippen MR) is 81.1 cm³/mol. The summed E-state index contributed by atoms with van der Waals surface area (Å²) in [5, 5.41) is 10.3. The molecule has 21 heavy (non-hydrogen) atoms. The second-order valence-electron chi connectivity index (χ2n) is 8.77. The summed E-state index contributed by atoms with van der Waals surface area (Å²) in [7, 11) is 1.83. The molecule has 3 heteroatoms. The Morgan fingerprint density at radius 1 is 1.14 bits per heavy atom. The number of rotatable bonds is 2. The molecule has 4 fully saturated rings. The highest BCUT2D eigenvalue weighted by atomic mass is 16.6. The molecular weight excluding hydrogens is 264 g/mol. The lowest BCUT2D eigenvalue weighted by atomic mass is 9.44. The highest BCUT2D eigenvalue weighted by Crippen LogP contribution is 2.76. The molecule has 6 unspecified atom stereocenters. The summed E-state index contributed by atoms with van der Waals surface area (Å²) >= 11 is 0. The molecule has 0 aromatic rings. The summed E-state index contributed by atoms with van der Waals surface area (Å²) in [6, 6.07) is 0. The number of ether oxygens (including phenoxy) is 2. The van der Waals surface area contributed by atoms with E-state index in [0.717, 1.165) is 25.9 Å². The maximum atomic E-state index is 10.3. The first-order valence-electron chi connectivity index (χ1n) is 8.79. The number of hydrogen-bond acceptors (Lipinski definition) is 3. The number of aliphatic hydroxyl groups excluding tert-OH is 1. The van der Waals surface area contributed by atoms with Gasteiger partial charge in [0.15, 0.2) is 0 Å². The fourth-order valence-corrected chi connectivity index (χ4v) is 6.88. The van der Waals surface area contributed by atoms with Crippen LogP contribution in [0, 0.1) is 16.7 Å².